The average molecular weight is 314 g/mol. The van der Waals surface area contributed by atoms with Crippen LogP contribution in [0.15, 0.2) is 0 Å². The van der Waals surface area contributed by atoms with E-state index in [1.54, 1.807) is 0 Å². The van der Waals surface area contributed by atoms with Crippen molar-refractivity contribution < 1.29 is 23.8 Å². The van der Waals surface area contributed by atoms with Crippen molar-refractivity contribution in [2.75, 3.05) is 6.61 Å². The third-order valence-corrected chi connectivity index (χ3v) is 4.09. The summed E-state index contributed by atoms with van der Waals surface area (Å²) in [6.45, 7) is 6.76. The van der Waals surface area contributed by atoms with Gasteiger partial charge in [-0.25, -0.2) is 4.79 Å². The molecule has 1 aliphatic heterocycles. The van der Waals surface area contributed by atoms with Gasteiger partial charge in [0.1, 0.15) is 12.2 Å². The molecule has 0 N–H and O–H groups in total. The summed E-state index contributed by atoms with van der Waals surface area (Å²) < 4.78 is 15.5. The Labute approximate surface area is 133 Å². The van der Waals surface area contributed by atoms with Gasteiger partial charge < -0.3 is 14.2 Å². The lowest BCUT2D eigenvalue weighted by atomic mass is 9.98. The molecule has 1 saturated heterocycles. The minimum atomic E-state index is -0.632. The van der Waals surface area contributed by atoms with Crippen LogP contribution in [0, 0.1) is 5.92 Å². The van der Waals surface area contributed by atoms with Crippen molar-refractivity contribution in [1.29, 1.82) is 0 Å². The van der Waals surface area contributed by atoms with Crippen LogP contribution >= 0.6 is 0 Å². The first-order valence-corrected chi connectivity index (χ1v) is 8.63. The van der Waals surface area contributed by atoms with E-state index in [9.17, 15) is 9.59 Å². The number of carbonyl (C=O) groups excluding carboxylic acids is 2. The smallest absolute Gasteiger partial charge is 0.465 e. The van der Waals surface area contributed by atoms with Gasteiger partial charge in [-0.1, -0.05) is 40.0 Å². The van der Waals surface area contributed by atoms with Gasteiger partial charge in [-0.3, -0.25) is 4.79 Å². The summed E-state index contributed by atoms with van der Waals surface area (Å²) in [5, 5.41) is 0. The standard InChI is InChI=1S/C17H30O5/c1-4-7-9-13(8-5-2)12-20-16(18)11-10-15-14(6-3)21-17(19)22-15/h13-15H,4-12H2,1-3H3. The molecule has 0 bridgehead atoms. The second-order valence-corrected chi connectivity index (χ2v) is 5.99. The summed E-state index contributed by atoms with van der Waals surface area (Å²) in [6, 6.07) is 0. The van der Waals surface area contributed by atoms with E-state index in [0.717, 1.165) is 19.3 Å². The zero-order chi connectivity index (χ0) is 16.4. The summed E-state index contributed by atoms with van der Waals surface area (Å²) in [4.78, 5) is 22.9. The van der Waals surface area contributed by atoms with E-state index in [2.05, 4.69) is 13.8 Å². The average Bonchev–Trinajstić information content (AvgIpc) is 2.88. The minimum absolute atomic E-state index is 0.213. The maximum atomic E-state index is 11.9. The maximum Gasteiger partial charge on any atom is 0.509 e. The molecule has 5 heteroatoms. The Balaban J connectivity index is 2.25. The molecule has 0 saturated carbocycles. The predicted octanol–water partition coefficient (Wildman–Crippen LogP) is 4.23. The number of cyclic esters (lactones) is 2. The highest BCUT2D eigenvalue weighted by molar-refractivity contribution is 5.69. The third-order valence-electron chi connectivity index (χ3n) is 4.09. The molecule has 0 aromatic rings. The highest BCUT2D eigenvalue weighted by Gasteiger charge is 2.35. The molecule has 1 heterocycles. The second-order valence-electron chi connectivity index (χ2n) is 5.99. The van der Waals surface area contributed by atoms with Crippen molar-refractivity contribution in [2.45, 2.75) is 84.3 Å². The van der Waals surface area contributed by atoms with Gasteiger partial charge in [-0.05, 0) is 31.6 Å². The van der Waals surface area contributed by atoms with Gasteiger partial charge in [0.05, 0.1) is 6.61 Å². The van der Waals surface area contributed by atoms with Gasteiger partial charge in [0.15, 0.2) is 0 Å². The van der Waals surface area contributed by atoms with E-state index in [1.165, 1.54) is 12.8 Å². The van der Waals surface area contributed by atoms with Crippen LogP contribution in [-0.4, -0.2) is 30.9 Å². The van der Waals surface area contributed by atoms with Gasteiger partial charge in [-0.15, -0.1) is 0 Å². The first-order valence-electron chi connectivity index (χ1n) is 8.63. The highest BCUT2D eigenvalue weighted by atomic mass is 16.8. The quantitative estimate of drug-likeness (QED) is 0.534. The first-order chi connectivity index (χ1) is 10.6. The maximum absolute atomic E-state index is 11.9. The van der Waals surface area contributed by atoms with E-state index >= 15 is 0 Å². The molecule has 0 spiro atoms. The number of unbranched alkanes of at least 4 members (excludes halogenated alkanes) is 1. The molecule has 3 unspecified atom stereocenters. The van der Waals surface area contributed by atoms with Gasteiger partial charge in [0.25, 0.3) is 0 Å². The lowest BCUT2D eigenvalue weighted by Gasteiger charge is -2.17. The lowest BCUT2D eigenvalue weighted by Crippen LogP contribution is -2.23. The normalized spacial score (nSPS) is 22.0. The molecule has 0 aromatic heterocycles. The van der Waals surface area contributed by atoms with Gasteiger partial charge in [-0.2, -0.15) is 0 Å². The number of ether oxygens (including phenoxy) is 3. The molecule has 0 aliphatic carbocycles. The second kappa shape index (κ2) is 10.5. The Hall–Kier alpha value is -1.26. The Morgan fingerprint density at radius 3 is 2.50 bits per heavy atom. The molecule has 5 nitrogen and oxygen atoms in total. The van der Waals surface area contributed by atoms with Gasteiger partial charge >= 0.3 is 12.1 Å². The van der Waals surface area contributed by atoms with Crippen LogP contribution in [0.2, 0.25) is 0 Å². The molecule has 1 rings (SSSR count). The van der Waals surface area contributed by atoms with Crippen LogP contribution in [0.4, 0.5) is 4.79 Å². The van der Waals surface area contributed by atoms with Crippen molar-refractivity contribution in [3.05, 3.63) is 0 Å². The van der Waals surface area contributed by atoms with E-state index in [-0.39, 0.29) is 24.6 Å². The van der Waals surface area contributed by atoms with Crippen LogP contribution in [0.5, 0.6) is 0 Å². The number of hydrogen-bond acceptors (Lipinski definition) is 5. The predicted molar refractivity (Wildman–Crippen MR) is 83.5 cm³/mol. The fourth-order valence-corrected chi connectivity index (χ4v) is 2.77. The minimum Gasteiger partial charge on any atom is -0.465 e. The zero-order valence-electron chi connectivity index (χ0n) is 14.1. The molecule has 3 atom stereocenters. The summed E-state index contributed by atoms with van der Waals surface area (Å²) in [5.41, 5.74) is 0. The summed E-state index contributed by atoms with van der Waals surface area (Å²) in [7, 11) is 0. The van der Waals surface area contributed by atoms with E-state index in [0.29, 0.717) is 25.4 Å². The monoisotopic (exact) mass is 314 g/mol. The Bertz CT molecular complexity index is 342. The Morgan fingerprint density at radius 2 is 1.86 bits per heavy atom. The molecular weight excluding hydrogens is 284 g/mol. The van der Waals surface area contributed by atoms with Crippen molar-refractivity contribution in [3.8, 4) is 0 Å². The van der Waals surface area contributed by atoms with Crippen LogP contribution in [-0.2, 0) is 19.0 Å². The summed E-state index contributed by atoms with van der Waals surface area (Å²) in [6.07, 6.45) is 5.90. The number of rotatable bonds is 11. The third kappa shape index (κ3) is 6.67. The fraction of sp³-hybridized carbons (Fsp3) is 0.882. The number of esters is 1. The van der Waals surface area contributed by atoms with E-state index in [1.807, 2.05) is 6.92 Å². The van der Waals surface area contributed by atoms with Crippen molar-refractivity contribution in [1.82, 2.24) is 0 Å². The molecule has 0 amide bonds. The first kappa shape index (κ1) is 18.8. The lowest BCUT2D eigenvalue weighted by molar-refractivity contribution is -0.145. The molecule has 0 radical (unpaired) electrons. The van der Waals surface area contributed by atoms with E-state index in [4.69, 9.17) is 14.2 Å². The Kier molecular flexibility index (Phi) is 8.94. The SMILES string of the molecule is CCCCC(CCC)COC(=O)CCC1OC(=O)OC1CC. The molecular formula is C17H30O5. The highest BCUT2D eigenvalue weighted by Crippen LogP contribution is 2.22. The van der Waals surface area contributed by atoms with Gasteiger partial charge in [0.2, 0.25) is 0 Å². The van der Waals surface area contributed by atoms with Crippen molar-refractivity contribution in [2.24, 2.45) is 5.92 Å². The largest absolute Gasteiger partial charge is 0.509 e. The van der Waals surface area contributed by atoms with Crippen LogP contribution in [0.25, 0.3) is 0 Å². The van der Waals surface area contributed by atoms with Crippen LogP contribution in [0.3, 0.4) is 0 Å². The molecule has 0 aromatic carbocycles. The topological polar surface area (TPSA) is 61.8 Å². The van der Waals surface area contributed by atoms with Crippen LogP contribution in [0.1, 0.15) is 72.1 Å². The van der Waals surface area contributed by atoms with Crippen molar-refractivity contribution in [3.63, 3.8) is 0 Å². The van der Waals surface area contributed by atoms with E-state index < -0.39 is 6.16 Å². The Morgan fingerprint density at radius 1 is 1.14 bits per heavy atom. The summed E-state index contributed by atoms with van der Waals surface area (Å²) in [5.74, 6) is 0.250. The number of carbonyl (C=O) groups is 2. The van der Waals surface area contributed by atoms with Crippen molar-refractivity contribution >= 4 is 12.1 Å². The molecule has 22 heavy (non-hydrogen) atoms. The van der Waals surface area contributed by atoms with Gasteiger partial charge in [0, 0.05) is 6.42 Å². The fourth-order valence-electron chi connectivity index (χ4n) is 2.77. The summed E-state index contributed by atoms with van der Waals surface area (Å²) >= 11 is 0. The molecule has 1 aliphatic rings. The van der Waals surface area contributed by atoms with Crippen LogP contribution < -0.4 is 0 Å². The number of hydrogen-bond donors (Lipinski definition) is 0. The zero-order valence-corrected chi connectivity index (χ0v) is 14.1. The molecule has 128 valence electrons. The molecule has 1 fully saturated rings.